The van der Waals surface area contributed by atoms with Crippen LogP contribution in [0.2, 0.25) is 5.02 Å². The molecule has 0 radical (unpaired) electrons. The van der Waals surface area contributed by atoms with E-state index in [0.717, 1.165) is 9.13 Å². The summed E-state index contributed by atoms with van der Waals surface area (Å²) in [5.41, 5.74) is 1.81. The fourth-order valence-electron chi connectivity index (χ4n) is 2.25. The van der Waals surface area contributed by atoms with Crippen LogP contribution in [0, 0.1) is 3.57 Å². The molecule has 1 heterocycles. The highest BCUT2D eigenvalue weighted by molar-refractivity contribution is 14.1. The van der Waals surface area contributed by atoms with Gasteiger partial charge in [-0.25, -0.2) is 0 Å². The van der Waals surface area contributed by atoms with Crippen molar-refractivity contribution in [3.05, 3.63) is 67.7 Å². The van der Waals surface area contributed by atoms with Crippen molar-refractivity contribution >= 4 is 46.0 Å². The van der Waals surface area contributed by atoms with Crippen LogP contribution in [0.25, 0.3) is 0 Å². The first kappa shape index (κ1) is 13.6. The highest BCUT2D eigenvalue weighted by Crippen LogP contribution is 2.28. The lowest BCUT2D eigenvalue weighted by molar-refractivity contribution is 0.0642. The van der Waals surface area contributed by atoms with E-state index in [-0.39, 0.29) is 18.4 Å². The number of fused-ring (bicyclic) bond motifs is 1. The third-order valence-corrected chi connectivity index (χ3v) is 4.31. The molecular formula is C15H9ClINO2. The Morgan fingerprint density at radius 1 is 1.05 bits per heavy atom. The lowest BCUT2D eigenvalue weighted by Gasteiger charge is -2.14. The van der Waals surface area contributed by atoms with Gasteiger partial charge in [0.25, 0.3) is 11.8 Å². The summed E-state index contributed by atoms with van der Waals surface area (Å²) in [7, 11) is 0. The predicted octanol–water partition coefficient (Wildman–Crippen LogP) is 3.74. The highest BCUT2D eigenvalue weighted by Gasteiger charge is 2.36. The standard InChI is InChI=1S/C15H9ClINO2/c16-10-4-1-3-9(7-10)8-18-14(19)11-5-2-6-12(17)13(11)15(18)20/h1-7H,8H2. The molecule has 0 saturated heterocycles. The maximum Gasteiger partial charge on any atom is 0.262 e. The average molecular weight is 398 g/mol. The Kier molecular flexibility index (Phi) is 3.52. The first-order valence-electron chi connectivity index (χ1n) is 5.97. The lowest BCUT2D eigenvalue weighted by Crippen LogP contribution is -2.29. The van der Waals surface area contributed by atoms with Crippen molar-refractivity contribution in [3.8, 4) is 0 Å². The molecule has 1 aliphatic heterocycles. The minimum Gasteiger partial charge on any atom is -0.270 e. The van der Waals surface area contributed by atoms with Gasteiger partial charge in [0.1, 0.15) is 0 Å². The average Bonchev–Trinajstić information content (AvgIpc) is 2.65. The van der Waals surface area contributed by atoms with E-state index in [9.17, 15) is 9.59 Å². The van der Waals surface area contributed by atoms with Crippen molar-refractivity contribution in [1.29, 1.82) is 0 Å². The number of halogens is 2. The van der Waals surface area contributed by atoms with Gasteiger partial charge in [-0.2, -0.15) is 0 Å². The second kappa shape index (κ2) is 5.18. The summed E-state index contributed by atoms with van der Waals surface area (Å²) >= 11 is 8.00. The van der Waals surface area contributed by atoms with Gasteiger partial charge in [-0.1, -0.05) is 29.8 Å². The Morgan fingerprint density at radius 3 is 2.50 bits per heavy atom. The SMILES string of the molecule is O=C1c2cccc(I)c2C(=O)N1Cc1cccc(Cl)c1. The number of nitrogens with zero attached hydrogens (tertiary/aromatic N) is 1. The van der Waals surface area contributed by atoms with Gasteiger partial charge in [0.05, 0.1) is 17.7 Å². The molecule has 0 aromatic heterocycles. The van der Waals surface area contributed by atoms with E-state index < -0.39 is 0 Å². The Bertz CT molecular complexity index is 730. The van der Waals surface area contributed by atoms with Crippen molar-refractivity contribution in [1.82, 2.24) is 4.90 Å². The number of carbonyl (C=O) groups excluding carboxylic acids is 2. The normalized spacial score (nSPS) is 13.8. The Labute approximate surface area is 134 Å². The molecule has 2 aromatic rings. The van der Waals surface area contributed by atoms with E-state index in [2.05, 4.69) is 22.6 Å². The van der Waals surface area contributed by atoms with Crippen LogP contribution in [0.5, 0.6) is 0 Å². The molecule has 1 aliphatic rings. The number of rotatable bonds is 2. The van der Waals surface area contributed by atoms with Crippen molar-refractivity contribution in [2.24, 2.45) is 0 Å². The van der Waals surface area contributed by atoms with Crippen molar-refractivity contribution in [2.45, 2.75) is 6.54 Å². The molecule has 3 nitrogen and oxygen atoms in total. The van der Waals surface area contributed by atoms with Crippen LogP contribution >= 0.6 is 34.2 Å². The number of hydrogen-bond acceptors (Lipinski definition) is 2. The molecule has 2 amide bonds. The summed E-state index contributed by atoms with van der Waals surface area (Å²) in [6, 6.07) is 12.5. The molecule has 0 unspecified atom stereocenters. The van der Waals surface area contributed by atoms with E-state index in [1.807, 2.05) is 12.1 Å². The molecular weight excluding hydrogens is 389 g/mol. The molecule has 20 heavy (non-hydrogen) atoms. The summed E-state index contributed by atoms with van der Waals surface area (Å²) in [4.78, 5) is 26.0. The molecule has 0 N–H and O–H groups in total. The van der Waals surface area contributed by atoms with Gasteiger partial charge < -0.3 is 0 Å². The molecule has 0 aliphatic carbocycles. The van der Waals surface area contributed by atoms with E-state index in [0.29, 0.717) is 16.1 Å². The summed E-state index contributed by atoms with van der Waals surface area (Å²) in [6.07, 6.45) is 0. The van der Waals surface area contributed by atoms with Crippen LogP contribution in [0.1, 0.15) is 26.3 Å². The number of imide groups is 1. The zero-order chi connectivity index (χ0) is 14.3. The molecule has 0 spiro atoms. The minimum atomic E-state index is -0.247. The second-order valence-corrected chi connectivity index (χ2v) is 6.09. The summed E-state index contributed by atoms with van der Waals surface area (Å²) in [6.45, 7) is 0.239. The van der Waals surface area contributed by atoms with E-state index in [1.54, 1.807) is 30.3 Å². The smallest absolute Gasteiger partial charge is 0.262 e. The molecule has 5 heteroatoms. The number of carbonyl (C=O) groups is 2. The number of hydrogen-bond donors (Lipinski definition) is 0. The molecule has 2 aromatic carbocycles. The zero-order valence-corrected chi connectivity index (χ0v) is 13.2. The number of amides is 2. The van der Waals surface area contributed by atoms with E-state index >= 15 is 0 Å². The zero-order valence-electron chi connectivity index (χ0n) is 10.3. The monoisotopic (exact) mass is 397 g/mol. The molecule has 0 atom stereocenters. The topological polar surface area (TPSA) is 37.4 Å². The van der Waals surface area contributed by atoms with Crippen LogP contribution in [-0.2, 0) is 6.54 Å². The van der Waals surface area contributed by atoms with Gasteiger partial charge in [0.2, 0.25) is 0 Å². The summed E-state index contributed by atoms with van der Waals surface area (Å²) in [5, 5.41) is 0.591. The maximum atomic E-state index is 12.4. The van der Waals surface area contributed by atoms with Crippen LogP contribution in [0.15, 0.2) is 42.5 Å². The van der Waals surface area contributed by atoms with Crippen LogP contribution in [0.4, 0.5) is 0 Å². The largest absolute Gasteiger partial charge is 0.270 e. The van der Waals surface area contributed by atoms with Crippen LogP contribution in [0.3, 0.4) is 0 Å². The Balaban J connectivity index is 1.96. The molecule has 0 bridgehead atoms. The van der Waals surface area contributed by atoms with Crippen LogP contribution < -0.4 is 0 Å². The van der Waals surface area contributed by atoms with Gasteiger partial charge in [0, 0.05) is 8.59 Å². The van der Waals surface area contributed by atoms with Gasteiger partial charge in [-0.3, -0.25) is 14.5 Å². The highest BCUT2D eigenvalue weighted by atomic mass is 127. The predicted molar refractivity (Wildman–Crippen MR) is 84.8 cm³/mol. The quantitative estimate of drug-likeness (QED) is 0.572. The second-order valence-electron chi connectivity index (χ2n) is 4.49. The third-order valence-electron chi connectivity index (χ3n) is 3.18. The maximum absolute atomic E-state index is 12.4. The molecule has 0 saturated carbocycles. The molecule has 3 rings (SSSR count). The summed E-state index contributed by atoms with van der Waals surface area (Å²) < 4.78 is 0.798. The van der Waals surface area contributed by atoms with E-state index in [4.69, 9.17) is 11.6 Å². The van der Waals surface area contributed by atoms with Crippen molar-refractivity contribution in [2.75, 3.05) is 0 Å². The van der Waals surface area contributed by atoms with Gasteiger partial charge in [0.15, 0.2) is 0 Å². The third kappa shape index (κ3) is 2.23. The Hall–Kier alpha value is -1.40. The van der Waals surface area contributed by atoms with Crippen molar-refractivity contribution in [3.63, 3.8) is 0 Å². The van der Waals surface area contributed by atoms with Crippen molar-refractivity contribution < 1.29 is 9.59 Å². The number of benzene rings is 2. The fraction of sp³-hybridized carbons (Fsp3) is 0.0667. The fourth-order valence-corrected chi connectivity index (χ4v) is 3.20. The first-order chi connectivity index (χ1) is 9.58. The summed E-state index contributed by atoms with van der Waals surface area (Å²) in [5.74, 6) is -0.488. The molecule has 100 valence electrons. The van der Waals surface area contributed by atoms with Gasteiger partial charge >= 0.3 is 0 Å². The van der Waals surface area contributed by atoms with Gasteiger partial charge in [-0.15, -0.1) is 0 Å². The molecule has 0 fully saturated rings. The Morgan fingerprint density at radius 2 is 1.80 bits per heavy atom. The minimum absolute atomic E-state index is 0.239. The lowest BCUT2D eigenvalue weighted by atomic mass is 10.1. The van der Waals surface area contributed by atoms with Gasteiger partial charge in [-0.05, 0) is 52.4 Å². The van der Waals surface area contributed by atoms with E-state index in [1.165, 1.54) is 4.90 Å². The van der Waals surface area contributed by atoms with Crippen LogP contribution in [-0.4, -0.2) is 16.7 Å². The first-order valence-corrected chi connectivity index (χ1v) is 7.43.